The Hall–Kier alpha value is -1.86. The number of para-hydroxylation sites is 1. The van der Waals surface area contributed by atoms with Crippen LogP contribution in [0.5, 0.6) is 0 Å². The van der Waals surface area contributed by atoms with Gasteiger partial charge in [0.1, 0.15) is 6.61 Å². The smallest absolute Gasteiger partial charge is 0.313 e. The molecule has 1 aromatic carbocycles. The summed E-state index contributed by atoms with van der Waals surface area (Å²) in [5.41, 5.74) is 0.791. The lowest BCUT2D eigenvalue weighted by molar-refractivity contribution is -0.133. The number of benzene rings is 1. The maximum atomic E-state index is 10.6. The molecule has 0 unspecified atom stereocenters. The van der Waals surface area contributed by atoms with Crippen LogP contribution >= 0.6 is 11.8 Å². The van der Waals surface area contributed by atoms with E-state index in [1.807, 2.05) is 30.3 Å². The summed E-state index contributed by atoms with van der Waals surface area (Å²) in [7, 11) is 0. The average Bonchev–Trinajstić information content (AvgIpc) is 2.80. The lowest BCUT2D eigenvalue weighted by atomic mass is 10.3. The number of carboxylic acid groups (broad SMARTS) is 1. The van der Waals surface area contributed by atoms with E-state index in [9.17, 15) is 9.90 Å². The standard InChI is InChI=1S/C11H11N3O3S/c15-6-9-12-13-11(18-7-10(16)17)14(9)8-4-2-1-3-5-8/h1-5,15H,6-7H2,(H,16,17). The molecule has 0 spiro atoms. The fourth-order valence-corrected chi connectivity index (χ4v) is 2.15. The van der Waals surface area contributed by atoms with E-state index in [0.29, 0.717) is 11.0 Å². The van der Waals surface area contributed by atoms with Gasteiger partial charge in [0.05, 0.1) is 5.75 Å². The normalized spacial score (nSPS) is 10.5. The Kier molecular flexibility index (Phi) is 3.96. The van der Waals surface area contributed by atoms with E-state index < -0.39 is 5.97 Å². The average molecular weight is 265 g/mol. The highest BCUT2D eigenvalue weighted by atomic mass is 32.2. The van der Waals surface area contributed by atoms with Crippen molar-refractivity contribution in [3.8, 4) is 5.69 Å². The quantitative estimate of drug-likeness (QED) is 0.782. The summed E-state index contributed by atoms with van der Waals surface area (Å²) in [6.45, 7) is -0.254. The number of hydrogen-bond donors (Lipinski definition) is 2. The first-order chi connectivity index (χ1) is 8.72. The van der Waals surface area contributed by atoms with Crippen molar-refractivity contribution in [3.63, 3.8) is 0 Å². The molecule has 2 N–H and O–H groups in total. The first-order valence-electron chi connectivity index (χ1n) is 5.17. The molecule has 0 atom stereocenters. The third kappa shape index (κ3) is 2.69. The lowest BCUT2D eigenvalue weighted by Crippen LogP contribution is -2.04. The molecule has 0 aliphatic carbocycles. The van der Waals surface area contributed by atoms with Crippen molar-refractivity contribution in [2.75, 3.05) is 5.75 Å². The molecule has 0 saturated carbocycles. The Bertz CT molecular complexity index is 542. The van der Waals surface area contributed by atoms with Crippen molar-refractivity contribution in [1.29, 1.82) is 0 Å². The zero-order valence-electron chi connectivity index (χ0n) is 9.35. The number of nitrogens with zero attached hydrogens (tertiary/aromatic N) is 3. The summed E-state index contributed by atoms with van der Waals surface area (Å²) in [6, 6.07) is 9.25. The Balaban J connectivity index is 2.37. The summed E-state index contributed by atoms with van der Waals surface area (Å²) >= 11 is 1.06. The minimum atomic E-state index is -0.923. The predicted octanol–water partition coefficient (Wildman–Crippen LogP) is 0.936. The van der Waals surface area contributed by atoms with Crippen LogP contribution in [0, 0.1) is 0 Å². The summed E-state index contributed by atoms with van der Waals surface area (Å²) in [5.74, 6) is -0.640. The molecular weight excluding hydrogens is 254 g/mol. The van der Waals surface area contributed by atoms with E-state index in [1.54, 1.807) is 4.57 Å². The van der Waals surface area contributed by atoms with Gasteiger partial charge in [-0.3, -0.25) is 9.36 Å². The molecule has 2 aromatic rings. The van der Waals surface area contributed by atoms with Gasteiger partial charge in [-0.2, -0.15) is 0 Å². The van der Waals surface area contributed by atoms with Crippen LogP contribution in [0.25, 0.3) is 5.69 Å². The van der Waals surface area contributed by atoms with Gasteiger partial charge in [0.15, 0.2) is 11.0 Å². The van der Waals surface area contributed by atoms with Crippen LogP contribution in [0.15, 0.2) is 35.5 Å². The van der Waals surface area contributed by atoms with Crippen LogP contribution in [-0.2, 0) is 11.4 Å². The zero-order chi connectivity index (χ0) is 13.0. The highest BCUT2D eigenvalue weighted by Gasteiger charge is 2.14. The van der Waals surface area contributed by atoms with E-state index in [1.165, 1.54) is 0 Å². The predicted molar refractivity (Wildman–Crippen MR) is 65.6 cm³/mol. The fourth-order valence-electron chi connectivity index (χ4n) is 1.46. The third-order valence-electron chi connectivity index (χ3n) is 2.18. The highest BCUT2D eigenvalue weighted by molar-refractivity contribution is 7.99. The zero-order valence-corrected chi connectivity index (χ0v) is 10.2. The van der Waals surface area contributed by atoms with Crippen LogP contribution in [-0.4, -0.2) is 36.7 Å². The second kappa shape index (κ2) is 5.65. The minimum absolute atomic E-state index is 0.101. The molecule has 2 rings (SSSR count). The van der Waals surface area contributed by atoms with Crippen molar-refractivity contribution >= 4 is 17.7 Å². The van der Waals surface area contributed by atoms with Gasteiger partial charge in [0.25, 0.3) is 0 Å². The van der Waals surface area contributed by atoms with Gasteiger partial charge in [-0.05, 0) is 12.1 Å². The molecule has 0 aliphatic rings. The summed E-state index contributed by atoms with van der Waals surface area (Å²) < 4.78 is 1.65. The van der Waals surface area contributed by atoms with Gasteiger partial charge in [-0.15, -0.1) is 10.2 Å². The lowest BCUT2D eigenvalue weighted by Gasteiger charge is -2.07. The molecule has 7 heteroatoms. The number of rotatable bonds is 5. The first-order valence-corrected chi connectivity index (χ1v) is 6.16. The molecule has 0 saturated heterocycles. The number of carboxylic acids is 1. The molecular formula is C11H11N3O3S. The Morgan fingerprint density at radius 1 is 1.28 bits per heavy atom. The molecule has 0 aliphatic heterocycles. The highest BCUT2D eigenvalue weighted by Crippen LogP contribution is 2.21. The molecule has 18 heavy (non-hydrogen) atoms. The number of thioether (sulfide) groups is 1. The van der Waals surface area contributed by atoms with Crippen LogP contribution in [0.3, 0.4) is 0 Å². The number of aliphatic hydroxyl groups is 1. The summed E-state index contributed by atoms with van der Waals surface area (Å²) in [4.78, 5) is 10.6. The minimum Gasteiger partial charge on any atom is -0.481 e. The van der Waals surface area contributed by atoms with Crippen molar-refractivity contribution in [2.45, 2.75) is 11.8 Å². The number of hydrogen-bond acceptors (Lipinski definition) is 5. The molecule has 6 nitrogen and oxygen atoms in total. The van der Waals surface area contributed by atoms with Gasteiger partial charge in [0.2, 0.25) is 0 Å². The Labute approximate surface area is 107 Å². The third-order valence-corrected chi connectivity index (χ3v) is 3.09. The molecule has 0 radical (unpaired) electrons. The Morgan fingerprint density at radius 3 is 2.61 bits per heavy atom. The van der Waals surface area contributed by atoms with Gasteiger partial charge >= 0.3 is 5.97 Å². The fraction of sp³-hybridized carbons (Fsp3) is 0.182. The van der Waals surface area contributed by atoms with Gasteiger partial charge < -0.3 is 10.2 Å². The Morgan fingerprint density at radius 2 is 2.00 bits per heavy atom. The van der Waals surface area contributed by atoms with Crippen LogP contribution in [0.1, 0.15) is 5.82 Å². The maximum Gasteiger partial charge on any atom is 0.313 e. The van der Waals surface area contributed by atoms with Gasteiger partial charge in [-0.1, -0.05) is 30.0 Å². The topological polar surface area (TPSA) is 88.2 Å². The molecule has 0 amide bonds. The summed E-state index contributed by atoms with van der Waals surface area (Å²) in [6.07, 6.45) is 0. The number of aliphatic carboxylic acids is 1. The van der Waals surface area contributed by atoms with E-state index in [4.69, 9.17) is 5.11 Å². The second-order valence-corrected chi connectivity index (χ2v) is 4.35. The van der Waals surface area contributed by atoms with E-state index in [-0.39, 0.29) is 12.4 Å². The van der Waals surface area contributed by atoms with Crippen molar-refractivity contribution in [2.24, 2.45) is 0 Å². The number of aromatic nitrogens is 3. The van der Waals surface area contributed by atoms with E-state index in [2.05, 4.69) is 10.2 Å². The molecule has 0 bridgehead atoms. The molecule has 1 aromatic heterocycles. The second-order valence-electron chi connectivity index (χ2n) is 3.41. The van der Waals surface area contributed by atoms with Gasteiger partial charge in [-0.25, -0.2) is 0 Å². The first kappa shape index (κ1) is 12.6. The summed E-state index contributed by atoms with van der Waals surface area (Å²) in [5, 5.41) is 26.1. The van der Waals surface area contributed by atoms with Crippen molar-refractivity contribution in [1.82, 2.24) is 14.8 Å². The van der Waals surface area contributed by atoms with E-state index >= 15 is 0 Å². The molecule has 94 valence electrons. The van der Waals surface area contributed by atoms with Crippen molar-refractivity contribution < 1.29 is 15.0 Å². The largest absolute Gasteiger partial charge is 0.481 e. The van der Waals surface area contributed by atoms with Crippen LogP contribution < -0.4 is 0 Å². The monoisotopic (exact) mass is 265 g/mol. The van der Waals surface area contributed by atoms with Crippen LogP contribution in [0.2, 0.25) is 0 Å². The SMILES string of the molecule is O=C(O)CSc1nnc(CO)n1-c1ccccc1. The maximum absolute atomic E-state index is 10.6. The molecule has 0 fully saturated rings. The number of aliphatic hydroxyl groups excluding tert-OH is 1. The molecule has 1 heterocycles. The van der Waals surface area contributed by atoms with E-state index in [0.717, 1.165) is 17.4 Å². The van der Waals surface area contributed by atoms with Crippen molar-refractivity contribution in [3.05, 3.63) is 36.2 Å². The van der Waals surface area contributed by atoms with Gasteiger partial charge in [0, 0.05) is 5.69 Å². The van der Waals surface area contributed by atoms with Crippen LogP contribution in [0.4, 0.5) is 0 Å². The number of carbonyl (C=O) groups is 1.